The Labute approximate surface area is 125 Å². The molecule has 0 spiro atoms. The minimum atomic E-state index is -0.500. The van der Waals surface area contributed by atoms with E-state index in [-0.39, 0.29) is 0 Å². The summed E-state index contributed by atoms with van der Waals surface area (Å²) in [7, 11) is 0. The Balaban J connectivity index is 2.29. The van der Waals surface area contributed by atoms with Gasteiger partial charge in [-0.05, 0) is 47.7 Å². The molecule has 1 aromatic carbocycles. The zero-order valence-corrected chi connectivity index (χ0v) is 12.4. The number of nitrogens with zero attached hydrogens (tertiary/aromatic N) is 1. The third-order valence-corrected chi connectivity index (χ3v) is 4.10. The van der Waals surface area contributed by atoms with Crippen LogP contribution in [-0.4, -0.2) is 10.9 Å². The Kier molecular flexibility index (Phi) is 3.40. The number of hydrogen-bond donors (Lipinski definition) is 1. The van der Waals surface area contributed by atoms with Gasteiger partial charge in [-0.3, -0.25) is 4.79 Å². The zero-order valence-electron chi connectivity index (χ0n) is 10.8. The lowest BCUT2D eigenvalue weighted by Gasteiger charge is -2.17. The molecule has 20 heavy (non-hydrogen) atoms. The lowest BCUT2D eigenvalue weighted by atomic mass is 9.92. The van der Waals surface area contributed by atoms with Gasteiger partial charge in [0, 0.05) is 4.47 Å². The number of fused-ring (bicyclic) bond motifs is 1. The highest BCUT2D eigenvalue weighted by molar-refractivity contribution is 9.10. The van der Waals surface area contributed by atoms with Crippen LogP contribution in [0.15, 0.2) is 40.9 Å². The van der Waals surface area contributed by atoms with Gasteiger partial charge >= 0.3 is 0 Å². The maximum Gasteiger partial charge on any atom is 0.267 e. The van der Waals surface area contributed by atoms with Crippen molar-refractivity contribution in [2.45, 2.75) is 12.8 Å². The molecular formula is C16H13BrN2O. The van der Waals surface area contributed by atoms with Crippen LogP contribution in [0.2, 0.25) is 0 Å². The Bertz CT molecular complexity index is 722. The zero-order chi connectivity index (χ0) is 14.1. The maximum absolute atomic E-state index is 11.5. The van der Waals surface area contributed by atoms with Crippen molar-refractivity contribution < 1.29 is 4.79 Å². The van der Waals surface area contributed by atoms with Gasteiger partial charge in [-0.2, -0.15) is 0 Å². The summed E-state index contributed by atoms with van der Waals surface area (Å²) in [6.45, 7) is 0. The maximum atomic E-state index is 11.5. The molecule has 0 saturated heterocycles. The van der Waals surface area contributed by atoms with E-state index in [2.05, 4.69) is 27.0 Å². The van der Waals surface area contributed by atoms with E-state index in [4.69, 9.17) is 5.73 Å². The summed E-state index contributed by atoms with van der Waals surface area (Å²) in [5, 5.41) is 0. The molecule has 0 unspecified atom stereocenters. The monoisotopic (exact) mass is 328 g/mol. The Morgan fingerprint density at radius 2 is 2.05 bits per heavy atom. The molecule has 0 saturated carbocycles. The third kappa shape index (κ3) is 2.27. The fourth-order valence-corrected chi connectivity index (χ4v) is 2.96. The van der Waals surface area contributed by atoms with E-state index >= 15 is 0 Å². The van der Waals surface area contributed by atoms with E-state index in [1.54, 1.807) is 6.07 Å². The molecular weight excluding hydrogens is 316 g/mol. The number of aromatic nitrogens is 1. The van der Waals surface area contributed by atoms with Gasteiger partial charge in [-0.15, -0.1) is 0 Å². The molecule has 3 rings (SSSR count). The normalized spacial score (nSPS) is 13.1. The van der Waals surface area contributed by atoms with Gasteiger partial charge in [0.25, 0.3) is 5.91 Å². The predicted octanol–water partition coefficient (Wildman–Crippen LogP) is 3.57. The molecule has 2 N–H and O–H groups in total. The summed E-state index contributed by atoms with van der Waals surface area (Å²) in [6, 6.07) is 9.76. The molecule has 1 amide bonds. The first kappa shape index (κ1) is 13.1. The fraction of sp³-hybridized carbons (Fsp3) is 0.125. The van der Waals surface area contributed by atoms with Crippen molar-refractivity contribution in [1.82, 2.24) is 4.98 Å². The van der Waals surface area contributed by atoms with E-state index in [0.717, 1.165) is 34.1 Å². The third-order valence-electron chi connectivity index (χ3n) is 3.41. The van der Waals surface area contributed by atoms with Crippen LogP contribution in [0.3, 0.4) is 0 Å². The lowest BCUT2D eigenvalue weighted by molar-refractivity contribution is 0.0995. The van der Waals surface area contributed by atoms with E-state index in [1.165, 1.54) is 5.56 Å². The Hall–Kier alpha value is -1.94. The van der Waals surface area contributed by atoms with Crippen molar-refractivity contribution in [3.05, 3.63) is 57.8 Å². The largest absolute Gasteiger partial charge is 0.364 e. The van der Waals surface area contributed by atoms with Crippen LogP contribution in [0.5, 0.6) is 0 Å². The molecule has 1 heterocycles. The van der Waals surface area contributed by atoms with Gasteiger partial charge in [0.15, 0.2) is 0 Å². The molecule has 100 valence electrons. The first-order chi connectivity index (χ1) is 9.66. The first-order valence-corrected chi connectivity index (χ1v) is 7.21. The molecule has 1 aliphatic carbocycles. The van der Waals surface area contributed by atoms with Crippen LogP contribution in [0.1, 0.15) is 28.2 Å². The fourth-order valence-electron chi connectivity index (χ4n) is 2.46. The van der Waals surface area contributed by atoms with Crippen LogP contribution < -0.4 is 5.73 Å². The van der Waals surface area contributed by atoms with E-state index in [0.29, 0.717) is 5.69 Å². The second-order valence-corrected chi connectivity index (χ2v) is 5.56. The Morgan fingerprint density at radius 1 is 1.25 bits per heavy atom. The molecule has 0 bridgehead atoms. The molecule has 3 nitrogen and oxygen atoms in total. The number of carbonyl (C=O) groups is 1. The number of hydrogen-bond acceptors (Lipinski definition) is 2. The molecule has 4 heteroatoms. The molecule has 1 aliphatic rings. The Morgan fingerprint density at radius 3 is 2.80 bits per heavy atom. The lowest BCUT2D eigenvalue weighted by Crippen LogP contribution is -2.15. The van der Waals surface area contributed by atoms with Crippen LogP contribution in [-0.2, 0) is 6.42 Å². The van der Waals surface area contributed by atoms with Crippen LogP contribution in [0.25, 0.3) is 17.2 Å². The van der Waals surface area contributed by atoms with Crippen LogP contribution in [0.4, 0.5) is 0 Å². The van der Waals surface area contributed by atoms with Gasteiger partial charge in [0.2, 0.25) is 0 Å². The topological polar surface area (TPSA) is 56.0 Å². The van der Waals surface area contributed by atoms with Crippen molar-refractivity contribution in [3.8, 4) is 11.1 Å². The summed E-state index contributed by atoms with van der Waals surface area (Å²) in [5.74, 6) is -0.500. The first-order valence-electron chi connectivity index (χ1n) is 6.42. The standard InChI is InChI=1S/C16H13BrN2O/c17-13-7-3-1-5-10(13)12-9-15(16(18)20)19-14-8-4-2-6-11(12)14/h1,3-5,7-9H,2,6H2,(H2,18,20). The van der Waals surface area contributed by atoms with E-state index < -0.39 is 5.91 Å². The number of amides is 1. The molecule has 0 radical (unpaired) electrons. The second kappa shape index (κ2) is 5.21. The summed E-state index contributed by atoms with van der Waals surface area (Å²) >= 11 is 3.57. The number of halogens is 1. The quantitative estimate of drug-likeness (QED) is 0.916. The molecule has 1 aromatic heterocycles. The number of allylic oxidation sites excluding steroid dienone is 1. The van der Waals surface area contributed by atoms with Gasteiger partial charge in [-0.1, -0.05) is 40.2 Å². The molecule has 0 atom stereocenters. The smallest absolute Gasteiger partial charge is 0.267 e. The number of pyridine rings is 1. The highest BCUT2D eigenvalue weighted by Crippen LogP contribution is 2.34. The molecule has 2 aromatic rings. The summed E-state index contributed by atoms with van der Waals surface area (Å²) in [5.41, 5.74) is 9.81. The molecule has 0 aliphatic heterocycles. The van der Waals surface area contributed by atoms with Crippen molar-refractivity contribution in [2.75, 3.05) is 0 Å². The van der Waals surface area contributed by atoms with Gasteiger partial charge < -0.3 is 5.73 Å². The van der Waals surface area contributed by atoms with Crippen LogP contribution in [0, 0.1) is 0 Å². The number of carbonyl (C=O) groups excluding carboxylic acids is 1. The number of rotatable bonds is 2. The van der Waals surface area contributed by atoms with Gasteiger partial charge in [0.05, 0.1) is 5.69 Å². The average Bonchev–Trinajstić information content (AvgIpc) is 2.46. The minimum absolute atomic E-state index is 0.307. The summed E-state index contributed by atoms with van der Waals surface area (Å²) in [4.78, 5) is 15.8. The average molecular weight is 329 g/mol. The molecule has 0 fully saturated rings. The summed E-state index contributed by atoms with van der Waals surface area (Å²) in [6.07, 6.45) is 5.95. The second-order valence-electron chi connectivity index (χ2n) is 4.70. The predicted molar refractivity (Wildman–Crippen MR) is 83.2 cm³/mol. The van der Waals surface area contributed by atoms with Gasteiger partial charge in [-0.25, -0.2) is 4.98 Å². The number of benzene rings is 1. The minimum Gasteiger partial charge on any atom is -0.364 e. The van der Waals surface area contributed by atoms with E-state index in [1.807, 2.05) is 30.3 Å². The van der Waals surface area contributed by atoms with Crippen molar-refractivity contribution >= 4 is 27.9 Å². The number of nitrogens with two attached hydrogens (primary N) is 1. The SMILES string of the molecule is NC(=O)c1cc(-c2ccccc2Br)c2c(n1)C=CCC2. The van der Waals surface area contributed by atoms with Crippen molar-refractivity contribution in [2.24, 2.45) is 5.73 Å². The number of primary amides is 1. The highest BCUT2D eigenvalue weighted by Gasteiger charge is 2.17. The van der Waals surface area contributed by atoms with Crippen molar-refractivity contribution in [3.63, 3.8) is 0 Å². The van der Waals surface area contributed by atoms with Crippen molar-refractivity contribution in [1.29, 1.82) is 0 Å². The highest BCUT2D eigenvalue weighted by atomic mass is 79.9. The van der Waals surface area contributed by atoms with Gasteiger partial charge in [0.1, 0.15) is 5.69 Å². The summed E-state index contributed by atoms with van der Waals surface area (Å²) < 4.78 is 0.998. The van der Waals surface area contributed by atoms with E-state index in [9.17, 15) is 4.79 Å². The van der Waals surface area contributed by atoms with Crippen LogP contribution >= 0.6 is 15.9 Å².